The summed E-state index contributed by atoms with van der Waals surface area (Å²) in [5.74, 6) is -1.06. The van der Waals surface area contributed by atoms with Crippen LogP contribution in [0.1, 0.15) is 26.5 Å². The van der Waals surface area contributed by atoms with Gasteiger partial charge in [-0.15, -0.1) is 0 Å². The van der Waals surface area contributed by atoms with E-state index in [0.717, 1.165) is 5.56 Å². The zero-order chi connectivity index (χ0) is 21.8. The van der Waals surface area contributed by atoms with Crippen LogP contribution >= 0.6 is 0 Å². The molecule has 1 aromatic heterocycles. The van der Waals surface area contributed by atoms with Crippen molar-refractivity contribution in [2.75, 3.05) is 41.8 Å². The third kappa shape index (κ3) is 4.75. The molecule has 0 atom stereocenters. The normalized spacial score (nSPS) is 13.7. The topological polar surface area (TPSA) is 83.8 Å². The number of halogens is 1. The first-order valence-corrected chi connectivity index (χ1v) is 9.90. The van der Waals surface area contributed by atoms with Gasteiger partial charge in [0.15, 0.2) is 5.76 Å². The van der Waals surface area contributed by atoms with E-state index in [1.54, 1.807) is 42.5 Å². The lowest BCUT2D eigenvalue weighted by atomic mass is 10.1. The van der Waals surface area contributed by atoms with E-state index in [4.69, 9.17) is 9.15 Å². The average molecular weight is 423 g/mol. The van der Waals surface area contributed by atoms with Gasteiger partial charge in [0.25, 0.3) is 11.8 Å². The van der Waals surface area contributed by atoms with Gasteiger partial charge in [0.05, 0.1) is 25.2 Å². The number of morpholine rings is 1. The number of nitrogens with zero attached hydrogens (tertiary/aromatic N) is 1. The fraction of sp³-hybridized carbons (Fsp3) is 0.217. The summed E-state index contributed by atoms with van der Waals surface area (Å²) in [6, 6.07) is 12.7. The standard InChI is InChI=1S/C23H22FN3O4/c1-15-4-5-16(13-19(15)26-23(29)21-3-2-10-31-21)22(28)25-17-6-7-20(18(24)14-17)27-8-11-30-12-9-27/h2-7,10,13-14H,8-9,11-12H2,1H3,(H,25,28)(H,26,29). The second-order valence-corrected chi connectivity index (χ2v) is 7.18. The molecule has 1 saturated heterocycles. The summed E-state index contributed by atoms with van der Waals surface area (Å²) >= 11 is 0. The fourth-order valence-electron chi connectivity index (χ4n) is 3.34. The van der Waals surface area contributed by atoms with Gasteiger partial charge in [-0.25, -0.2) is 4.39 Å². The number of carbonyl (C=O) groups is 2. The Balaban J connectivity index is 1.47. The van der Waals surface area contributed by atoms with Crippen molar-refractivity contribution in [3.8, 4) is 0 Å². The Morgan fingerprint density at radius 2 is 1.81 bits per heavy atom. The highest BCUT2D eigenvalue weighted by atomic mass is 19.1. The molecule has 1 aliphatic heterocycles. The molecule has 7 nitrogen and oxygen atoms in total. The van der Waals surface area contributed by atoms with E-state index in [9.17, 15) is 14.0 Å². The highest BCUT2D eigenvalue weighted by molar-refractivity contribution is 6.07. The van der Waals surface area contributed by atoms with Crippen molar-refractivity contribution < 1.29 is 23.1 Å². The van der Waals surface area contributed by atoms with Gasteiger partial charge in [0.2, 0.25) is 0 Å². The third-order valence-electron chi connectivity index (χ3n) is 5.05. The molecule has 2 N–H and O–H groups in total. The molecule has 31 heavy (non-hydrogen) atoms. The van der Waals surface area contributed by atoms with Crippen LogP contribution in [-0.2, 0) is 4.74 Å². The summed E-state index contributed by atoms with van der Waals surface area (Å²) in [4.78, 5) is 26.9. The zero-order valence-electron chi connectivity index (χ0n) is 17.0. The number of amides is 2. The largest absolute Gasteiger partial charge is 0.459 e. The van der Waals surface area contributed by atoms with Crippen molar-refractivity contribution >= 4 is 28.9 Å². The van der Waals surface area contributed by atoms with E-state index in [0.29, 0.717) is 48.9 Å². The molecule has 0 bridgehead atoms. The lowest BCUT2D eigenvalue weighted by molar-refractivity contribution is 0.0993. The average Bonchev–Trinajstić information content (AvgIpc) is 3.31. The summed E-state index contributed by atoms with van der Waals surface area (Å²) in [6.45, 7) is 4.18. The lowest BCUT2D eigenvalue weighted by Crippen LogP contribution is -2.36. The molecule has 1 aliphatic rings. The summed E-state index contributed by atoms with van der Waals surface area (Å²) < 4.78 is 25.0. The quantitative estimate of drug-likeness (QED) is 0.646. The number of furan rings is 1. The lowest BCUT2D eigenvalue weighted by Gasteiger charge is -2.29. The SMILES string of the molecule is Cc1ccc(C(=O)Nc2ccc(N3CCOCC3)c(F)c2)cc1NC(=O)c1ccco1. The molecule has 2 amide bonds. The van der Waals surface area contributed by atoms with Gasteiger partial charge in [-0.2, -0.15) is 0 Å². The molecule has 0 radical (unpaired) electrons. The number of carbonyl (C=O) groups excluding carboxylic acids is 2. The predicted octanol–water partition coefficient (Wildman–Crippen LogP) is 4.07. The molecular formula is C23H22FN3O4. The van der Waals surface area contributed by atoms with Crippen molar-refractivity contribution in [2.24, 2.45) is 0 Å². The van der Waals surface area contributed by atoms with Crippen molar-refractivity contribution in [2.45, 2.75) is 6.92 Å². The van der Waals surface area contributed by atoms with Crippen LogP contribution in [0.2, 0.25) is 0 Å². The Kier molecular flexibility index (Phi) is 5.99. The summed E-state index contributed by atoms with van der Waals surface area (Å²) in [6.07, 6.45) is 1.41. The van der Waals surface area contributed by atoms with Crippen LogP contribution in [0, 0.1) is 12.7 Å². The maximum atomic E-state index is 14.6. The van der Waals surface area contributed by atoms with E-state index >= 15 is 0 Å². The van der Waals surface area contributed by atoms with Crippen LogP contribution in [0.15, 0.2) is 59.2 Å². The molecule has 0 unspecified atom stereocenters. The second kappa shape index (κ2) is 9.01. The van der Waals surface area contributed by atoms with Gasteiger partial charge < -0.3 is 24.7 Å². The first kappa shape index (κ1) is 20.6. The number of rotatable bonds is 5. The molecule has 2 heterocycles. The molecule has 8 heteroatoms. The van der Waals surface area contributed by atoms with Crippen molar-refractivity contribution in [1.29, 1.82) is 0 Å². The van der Waals surface area contributed by atoms with Crippen LogP contribution in [0.5, 0.6) is 0 Å². The Bertz CT molecular complexity index is 1090. The number of nitrogens with one attached hydrogen (secondary N) is 2. The number of ether oxygens (including phenoxy) is 1. The van der Waals surface area contributed by atoms with Gasteiger partial charge in [0, 0.05) is 30.0 Å². The minimum absolute atomic E-state index is 0.171. The van der Waals surface area contributed by atoms with Crippen LogP contribution < -0.4 is 15.5 Å². The number of hydrogen-bond donors (Lipinski definition) is 2. The highest BCUT2D eigenvalue weighted by Crippen LogP contribution is 2.25. The van der Waals surface area contributed by atoms with Crippen LogP contribution in [0.25, 0.3) is 0 Å². The monoisotopic (exact) mass is 423 g/mol. The highest BCUT2D eigenvalue weighted by Gasteiger charge is 2.17. The first-order chi connectivity index (χ1) is 15.0. The van der Waals surface area contributed by atoms with E-state index in [1.165, 1.54) is 12.3 Å². The molecule has 0 spiro atoms. The van der Waals surface area contributed by atoms with Gasteiger partial charge in [-0.1, -0.05) is 6.07 Å². The van der Waals surface area contributed by atoms with E-state index < -0.39 is 17.6 Å². The molecular weight excluding hydrogens is 401 g/mol. The van der Waals surface area contributed by atoms with Gasteiger partial charge in [-0.3, -0.25) is 9.59 Å². The Labute approximate surface area is 178 Å². The molecule has 3 aromatic rings. The van der Waals surface area contributed by atoms with Gasteiger partial charge in [0.1, 0.15) is 5.82 Å². The van der Waals surface area contributed by atoms with E-state index in [-0.39, 0.29) is 5.76 Å². The van der Waals surface area contributed by atoms with E-state index in [2.05, 4.69) is 10.6 Å². The van der Waals surface area contributed by atoms with Gasteiger partial charge >= 0.3 is 0 Å². The molecule has 0 saturated carbocycles. The minimum Gasteiger partial charge on any atom is -0.459 e. The number of anilines is 3. The third-order valence-corrected chi connectivity index (χ3v) is 5.05. The van der Waals surface area contributed by atoms with Crippen molar-refractivity contribution in [3.05, 3.63) is 77.5 Å². The Morgan fingerprint density at radius 1 is 1.00 bits per heavy atom. The predicted molar refractivity (Wildman–Crippen MR) is 115 cm³/mol. The zero-order valence-corrected chi connectivity index (χ0v) is 17.0. The molecule has 160 valence electrons. The first-order valence-electron chi connectivity index (χ1n) is 9.90. The van der Waals surface area contributed by atoms with Crippen LogP contribution in [-0.4, -0.2) is 38.1 Å². The number of benzene rings is 2. The summed E-state index contributed by atoms with van der Waals surface area (Å²) in [5.41, 5.74) is 2.44. The number of hydrogen-bond acceptors (Lipinski definition) is 5. The van der Waals surface area contributed by atoms with Crippen molar-refractivity contribution in [3.63, 3.8) is 0 Å². The molecule has 4 rings (SSSR count). The number of aryl methyl sites for hydroxylation is 1. The van der Waals surface area contributed by atoms with Crippen LogP contribution in [0.3, 0.4) is 0 Å². The maximum absolute atomic E-state index is 14.6. The minimum atomic E-state index is -0.411. The molecule has 1 fully saturated rings. The fourth-order valence-corrected chi connectivity index (χ4v) is 3.34. The van der Waals surface area contributed by atoms with Crippen molar-refractivity contribution in [1.82, 2.24) is 0 Å². The summed E-state index contributed by atoms with van der Waals surface area (Å²) in [7, 11) is 0. The second-order valence-electron chi connectivity index (χ2n) is 7.18. The van der Waals surface area contributed by atoms with Gasteiger partial charge in [-0.05, 0) is 55.0 Å². The Morgan fingerprint density at radius 3 is 2.52 bits per heavy atom. The Hall–Kier alpha value is -3.65. The van der Waals surface area contributed by atoms with Crippen LogP contribution in [0.4, 0.5) is 21.5 Å². The smallest absolute Gasteiger partial charge is 0.291 e. The molecule has 2 aromatic carbocycles. The molecule has 0 aliphatic carbocycles. The summed E-state index contributed by atoms with van der Waals surface area (Å²) in [5, 5.41) is 5.44. The van der Waals surface area contributed by atoms with E-state index in [1.807, 2.05) is 11.8 Å². The maximum Gasteiger partial charge on any atom is 0.291 e.